The molecule has 0 radical (unpaired) electrons. The molecular weight excluding hydrogens is 224 g/mol. The zero-order chi connectivity index (χ0) is 12.0. The van der Waals surface area contributed by atoms with Gasteiger partial charge in [0.25, 0.3) is 5.91 Å². The Morgan fingerprint density at radius 1 is 1.69 bits per heavy atom. The number of amides is 1. The van der Waals surface area contributed by atoms with Crippen molar-refractivity contribution in [3.63, 3.8) is 0 Å². The molecule has 1 aromatic heterocycles. The van der Waals surface area contributed by atoms with Gasteiger partial charge in [0.2, 0.25) is 0 Å². The monoisotopic (exact) mass is 236 g/mol. The molecule has 84 valence electrons. The largest absolute Gasteiger partial charge is 0.327 e. The van der Waals surface area contributed by atoms with Crippen molar-refractivity contribution in [3.8, 4) is 12.3 Å². The van der Waals surface area contributed by atoms with Gasteiger partial charge in [-0.15, -0.1) is 6.42 Å². The maximum Gasteiger partial charge on any atom is 0.257 e. The minimum atomic E-state index is -0.169. The van der Waals surface area contributed by atoms with Crippen LogP contribution in [-0.2, 0) is 0 Å². The lowest BCUT2D eigenvalue weighted by Crippen LogP contribution is -2.32. The van der Waals surface area contributed by atoms with E-state index in [4.69, 9.17) is 18.0 Å². The van der Waals surface area contributed by atoms with E-state index in [9.17, 15) is 4.79 Å². The average molecular weight is 237 g/mol. The highest BCUT2D eigenvalue weighted by molar-refractivity contribution is 6.33. The Balaban J connectivity index is 2.91. The third-order valence-electron chi connectivity index (χ3n) is 2.06. The maximum atomic E-state index is 12.1. The van der Waals surface area contributed by atoms with E-state index in [1.165, 1.54) is 6.20 Å². The fourth-order valence-corrected chi connectivity index (χ4v) is 1.52. The Hall–Kier alpha value is -1.53. The Bertz CT molecular complexity index is 412. The summed E-state index contributed by atoms with van der Waals surface area (Å²) in [6, 6.07) is 1.59. The Labute approximate surface area is 100 Å². The summed E-state index contributed by atoms with van der Waals surface area (Å²) in [7, 11) is 0. The van der Waals surface area contributed by atoms with Gasteiger partial charge in [-0.1, -0.05) is 24.4 Å². The number of carbonyl (C=O) groups is 1. The molecule has 0 aliphatic carbocycles. The molecule has 0 fully saturated rings. The summed E-state index contributed by atoms with van der Waals surface area (Å²) in [5, 5.41) is 0.401. The van der Waals surface area contributed by atoms with Crippen LogP contribution in [-0.4, -0.2) is 28.9 Å². The Morgan fingerprint density at radius 3 is 3.00 bits per heavy atom. The van der Waals surface area contributed by atoms with Crippen LogP contribution in [0.1, 0.15) is 23.7 Å². The maximum absolute atomic E-state index is 12.1. The predicted molar refractivity (Wildman–Crippen MR) is 64.3 cm³/mol. The van der Waals surface area contributed by atoms with Crippen LogP contribution in [0.5, 0.6) is 0 Å². The Morgan fingerprint density at radius 2 is 2.44 bits per heavy atom. The summed E-state index contributed by atoms with van der Waals surface area (Å²) < 4.78 is 0. The number of terminal acetylenes is 1. The van der Waals surface area contributed by atoms with E-state index in [1.807, 2.05) is 6.92 Å². The van der Waals surface area contributed by atoms with Gasteiger partial charge in [-0.2, -0.15) is 0 Å². The van der Waals surface area contributed by atoms with Gasteiger partial charge in [0.05, 0.1) is 17.1 Å². The van der Waals surface area contributed by atoms with Gasteiger partial charge in [0.15, 0.2) is 0 Å². The third kappa shape index (κ3) is 2.98. The van der Waals surface area contributed by atoms with Gasteiger partial charge in [0.1, 0.15) is 0 Å². The van der Waals surface area contributed by atoms with Crippen molar-refractivity contribution in [2.45, 2.75) is 13.3 Å². The molecule has 1 heterocycles. The molecule has 0 N–H and O–H groups in total. The van der Waals surface area contributed by atoms with Crippen molar-refractivity contribution in [1.29, 1.82) is 0 Å². The van der Waals surface area contributed by atoms with Crippen LogP contribution in [0, 0.1) is 12.3 Å². The van der Waals surface area contributed by atoms with Crippen LogP contribution in [0.25, 0.3) is 0 Å². The quantitative estimate of drug-likeness (QED) is 0.751. The highest BCUT2D eigenvalue weighted by atomic mass is 35.5. The second-order valence-electron chi connectivity index (χ2n) is 3.29. The summed E-state index contributed by atoms with van der Waals surface area (Å²) in [6.07, 6.45) is 9.08. The van der Waals surface area contributed by atoms with Crippen LogP contribution in [0.2, 0.25) is 5.02 Å². The molecule has 0 bridgehead atoms. The second-order valence-corrected chi connectivity index (χ2v) is 3.69. The number of rotatable bonds is 4. The SMILES string of the molecule is C#CCN(CCC)C(=O)c1cnccc1Cl. The first-order valence-electron chi connectivity index (χ1n) is 5.03. The molecular formula is C12H13ClN2O. The second kappa shape index (κ2) is 6.14. The van der Waals surface area contributed by atoms with Crippen molar-refractivity contribution in [2.75, 3.05) is 13.1 Å². The standard InChI is InChI=1S/C12H13ClN2O/c1-3-7-15(8-4-2)12(16)10-9-14-6-5-11(10)13/h1,5-6,9H,4,7-8H2,2H3. The van der Waals surface area contributed by atoms with E-state index in [0.717, 1.165) is 6.42 Å². The first-order chi connectivity index (χ1) is 7.70. The minimum Gasteiger partial charge on any atom is -0.327 e. The van der Waals surface area contributed by atoms with Crippen molar-refractivity contribution >= 4 is 17.5 Å². The van der Waals surface area contributed by atoms with E-state index in [0.29, 0.717) is 17.1 Å². The van der Waals surface area contributed by atoms with E-state index in [2.05, 4.69) is 10.9 Å². The van der Waals surface area contributed by atoms with Gasteiger partial charge in [0, 0.05) is 18.9 Å². The number of pyridine rings is 1. The average Bonchev–Trinajstić information content (AvgIpc) is 2.28. The molecule has 0 saturated heterocycles. The summed E-state index contributed by atoms with van der Waals surface area (Å²) in [5.74, 6) is 2.30. The van der Waals surface area contributed by atoms with Gasteiger partial charge >= 0.3 is 0 Å². The predicted octanol–water partition coefficient (Wildman–Crippen LogP) is 2.22. The van der Waals surface area contributed by atoms with Gasteiger partial charge in [-0.3, -0.25) is 9.78 Å². The first kappa shape index (κ1) is 12.5. The van der Waals surface area contributed by atoms with E-state index in [1.54, 1.807) is 17.2 Å². The summed E-state index contributed by atoms with van der Waals surface area (Å²) in [6.45, 7) is 2.90. The molecule has 0 spiro atoms. The minimum absolute atomic E-state index is 0.169. The lowest BCUT2D eigenvalue weighted by Gasteiger charge is -2.19. The Kier molecular flexibility index (Phi) is 4.81. The lowest BCUT2D eigenvalue weighted by atomic mass is 10.2. The van der Waals surface area contributed by atoms with E-state index >= 15 is 0 Å². The molecule has 0 atom stereocenters. The molecule has 0 saturated carbocycles. The highest BCUT2D eigenvalue weighted by Gasteiger charge is 2.16. The number of nitrogens with zero attached hydrogens (tertiary/aromatic N) is 2. The molecule has 0 aromatic carbocycles. The smallest absolute Gasteiger partial charge is 0.257 e. The number of carbonyl (C=O) groups excluding carboxylic acids is 1. The number of hydrogen-bond acceptors (Lipinski definition) is 2. The lowest BCUT2D eigenvalue weighted by molar-refractivity contribution is 0.0776. The molecule has 16 heavy (non-hydrogen) atoms. The molecule has 1 aromatic rings. The van der Waals surface area contributed by atoms with Crippen molar-refractivity contribution in [3.05, 3.63) is 29.0 Å². The number of aromatic nitrogens is 1. The summed E-state index contributed by atoms with van der Waals surface area (Å²) in [5.41, 5.74) is 0.396. The molecule has 0 aliphatic rings. The zero-order valence-electron chi connectivity index (χ0n) is 9.11. The van der Waals surface area contributed by atoms with Gasteiger partial charge < -0.3 is 4.90 Å². The molecule has 0 aliphatic heterocycles. The van der Waals surface area contributed by atoms with Crippen LogP contribution >= 0.6 is 11.6 Å². The van der Waals surface area contributed by atoms with Crippen molar-refractivity contribution in [2.24, 2.45) is 0 Å². The normalized spacial score (nSPS) is 9.56. The molecule has 3 nitrogen and oxygen atoms in total. The van der Waals surface area contributed by atoms with E-state index < -0.39 is 0 Å². The highest BCUT2D eigenvalue weighted by Crippen LogP contribution is 2.15. The van der Waals surface area contributed by atoms with Crippen LogP contribution < -0.4 is 0 Å². The third-order valence-corrected chi connectivity index (χ3v) is 2.39. The van der Waals surface area contributed by atoms with Crippen molar-refractivity contribution < 1.29 is 4.79 Å². The van der Waals surface area contributed by atoms with Crippen molar-refractivity contribution in [1.82, 2.24) is 9.88 Å². The zero-order valence-corrected chi connectivity index (χ0v) is 9.87. The van der Waals surface area contributed by atoms with Crippen LogP contribution in [0.15, 0.2) is 18.5 Å². The fraction of sp³-hybridized carbons (Fsp3) is 0.333. The summed E-state index contributed by atoms with van der Waals surface area (Å²) >= 11 is 5.92. The molecule has 0 unspecified atom stereocenters. The molecule has 4 heteroatoms. The van der Waals surface area contributed by atoms with Gasteiger partial charge in [-0.05, 0) is 12.5 Å². The van der Waals surface area contributed by atoms with Gasteiger partial charge in [-0.25, -0.2) is 0 Å². The molecule has 1 amide bonds. The topological polar surface area (TPSA) is 33.2 Å². The summed E-state index contributed by atoms with van der Waals surface area (Å²) in [4.78, 5) is 17.5. The first-order valence-corrected chi connectivity index (χ1v) is 5.40. The number of halogens is 1. The number of hydrogen-bond donors (Lipinski definition) is 0. The van der Waals surface area contributed by atoms with E-state index in [-0.39, 0.29) is 12.5 Å². The van der Waals surface area contributed by atoms with Crippen LogP contribution in [0.4, 0.5) is 0 Å². The van der Waals surface area contributed by atoms with Crippen LogP contribution in [0.3, 0.4) is 0 Å². The molecule has 1 rings (SSSR count). The fourth-order valence-electron chi connectivity index (χ4n) is 1.34.